The van der Waals surface area contributed by atoms with E-state index in [0.29, 0.717) is 5.75 Å². The number of hydrogen-bond acceptors (Lipinski definition) is 7. The number of likely N-dealkylation sites (N-methyl/N-ethyl adjacent to an activating group) is 1. The smallest absolute Gasteiger partial charge is 0.317 e. The largest absolute Gasteiger partial charge is 0.497 e. The molecular formula is C30H42N4O7S. The maximum Gasteiger partial charge on any atom is 0.317 e. The van der Waals surface area contributed by atoms with Crippen molar-refractivity contribution in [3.8, 4) is 11.5 Å². The third kappa shape index (κ3) is 7.46. The van der Waals surface area contributed by atoms with Crippen molar-refractivity contribution in [2.24, 2.45) is 5.92 Å². The van der Waals surface area contributed by atoms with Crippen molar-refractivity contribution in [3.05, 3.63) is 48.0 Å². The van der Waals surface area contributed by atoms with Gasteiger partial charge in [-0.15, -0.1) is 0 Å². The minimum atomic E-state index is -3.95. The molecule has 3 atom stereocenters. The molecule has 0 saturated heterocycles. The normalized spacial score (nSPS) is 20.4. The highest BCUT2D eigenvalue weighted by Gasteiger charge is 2.34. The standard InChI is InChI=1S/C30H42N4O7S/c1-20-17-34(21(2)19-35)29(36)26-16-23(32-42(38,39)25-13-11-24(40-4)12-14-25)10-15-27(26)41-28(20)18-33(3)30(37)31-22-8-6-5-7-9-22/h10-16,20-22,28,32,35H,5-9,17-19H2,1-4H3,(H,31,37)/t20-,21+,28-/m1/s1. The molecule has 3 N–H and O–H groups in total. The number of nitrogens with one attached hydrogen (secondary N) is 2. The van der Waals surface area contributed by atoms with E-state index in [2.05, 4.69) is 10.0 Å². The van der Waals surface area contributed by atoms with Crippen LogP contribution in [0.4, 0.5) is 10.5 Å². The number of sulfonamides is 1. The van der Waals surface area contributed by atoms with E-state index in [1.165, 1.54) is 37.8 Å². The molecule has 0 unspecified atom stereocenters. The number of amides is 3. The van der Waals surface area contributed by atoms with Gasteiger partial charge >= 0.3 is 6.03 Å². The van der Waals surface area contributed by atoms with E-state index < -0.39 is 22.2 Å². The Balaban J connectivity index is 1.58. The molecule has 2 aromatic rings. The Bertz CT molecular complexity index is 1350. The Morgan fingerprint density at radius 2 is 1.86 bits per heavy atom. The average molecular weight is 603 g/mol. The average Bonchev–Trinajstić information content (AvgIpc) is 2.99. The number of benzene rings is 2. The first-order valence-electron chi connectivity index (χ1n) is 14.4. The fourth-order valence-corrected chi connectivity index (χ4v) is 6.41. The number of aliphatic hydroxyl groups excluding tert-OH is 1. The number of aliphatic hydroxyl groups is 1. The second-order valence-corrected chi connectivity index (χ2v) is 13.0. The second kappa shape index (κ2) is 13.6. The number of carbonyl (C=O) groups excluding carboxylic acids is 2. The van der Waals surface area contributed by atoms with Gasteiger partial charge in [-0.25, -0.2) is 13.2 Å². The summed E-state index contributed by atoms with van der Waals surface area (Å²) in [4.78, 5) is 29.9. The summed E-state index contributed by atoms with van der Waals surface area (Å²) >= 11 is 0. The van der Waals surface area contributed by atoms with Gasteiger partial charge in [-0.3, -0.25) is 9.52 Å². The third-order valence-electron chi connectivity index (χ3n) is 8.02. The quantitative estimate of drug-likeness (QED) is 0.398. The number of ether oxygens (including phenoxy) is 2. The topological polar surface area (TPSA) is 138 Å². The number of urea groups is 1. The van der Waals surface area contributed by atoms with Crippen LogP contribution >= 0.6 is 0 Å². The van der Waals surface area contributed by atoms with E-state index >= 15 is 0 Å². The van der Waals surface area contributed by atoms with Gasteiger partial charge in [-0.1, -0.05) is 26.2 Å². The molecule has 1 fully saturated rings. The highest BCUT2D eigenvalue weighted by molar-refractivity contribution is 7.92. The molecule has 2 aliphatic rings. The van der Waals surface area contributed by atoms with Crippen molar-refractivity contribution in [2.45, 2.75) is 69.0 Å². The number of fused-ring (bicyclic) bond motifs is 1. The van der Waals surface area contributed by atoms with Crippen LogP contribution in [0.15, 0.2) is 47.4 Å². The Hall–Kier alpha value is -3.51. The Kier molecular flexibility index (Phi) is 10.2. The van der Waals surface area contributed by atoms with Gasteiger partial charge in [0.15, 0.2) is 0 Å². The van der Waals surface area contributed by atoms with Crippen molar-refractivity contribution >= 4 is 27.6 Å². The van der Waals surface area contributed by atoms with Gasteiger partial charge in [0.1, 0.15) is 17.6 Å². The highest BCUT2D eigenvalue weighted by Crippen LogP contribution is 2.31. The molecule has 0 spiro atoms. The molecule has 11 nitrogen and oxygen atoms in total. The maximum absolute atomic E-state index is 13.7. The van der Waals surface area contributed by atoms with Crippen molar-refractivity contribution in [2.75, 3.05) is 38.6 Å². The lowest BCUT2D eigenvalue weighted by Crippen LogP contribution is -2.52. The molecule has 3 amide bonds. The lowest BCUT2D eigenvalue weighted by Gasteiger charge is -2.38. The van der Waals surface area contributed by atoms with Gasteiger partial charge in [-0.2, -0.15) is 0 Å². The van der Waals surface area contributed by atoms with Crippen molar-refractivity contribution in [1.29, 1.82) is 0 Å². The first-order valence-corrected chi connectivity index (χ1v) is 15.9. The SMILES string of the molecule is COc1ccc(S(=O)(=O)Nc2ccc3c(c2)C(=O)N([C@@H](C)CO)C[C@@H](C)[C@@H](CN(C)C(=O)NC2CCCCC2)O3)cc1. The predicted octanol–water partition coefficient (Wildman–Crippen LogP) is 3.69. The Morgan fingerprint density at radius 3 is 2.50 bits per heavy atom. The van der Waals surface area contributed by atoms with Crippen LogP contribution in [0.1, 0.15) is 56.3 Å². The van der Waals surface area contributed by atoms with Gasteiger partial charge < -0.3 is 29.7 Å². The van der Waals surface area contributed by atoms with Crippen LogP contribution in [0.3, 0.4) is 0 Å². The molecule has 0 bridgehead atoms. The zero-order valence-electron chi connectivity index (χ0n) is 24.7. The molecule has 0 aromatic heterocycles. The van der Waals surface area contributed by atoms with Crippen LogP contribution in [0.5, 0.6) is 11.5 Å². The predicted molar refractivity (Wildman–Crippen MR) is 159 cm³/mol. The molecule has 2 aromatic carbocycles. The van der Waals surface area contributed by atoms with Crippen LogP contribution < -0.4 is 19.5 Å². The fraction of sp³-hybridized carbons (Fsp3) is 0.533. The zero-order chi connectivity index (χ0) is 30.4. The summed E-state index contributed by atoms with van der Waals surface area (Å²) in [5.74, 6) is 0.247. The van der Waals surface area contributed by atoms with E-state index in [0.717, 1.165) is 25.7 Å². The minimum Gasteiger partial charge on any atom is -0.497 e. The van der Waals surface area contributed by atoms with Crippen LogP contribution in [0.25, 0.3) is 0 Å². The van der Waals surface area contributed by atoms with Crippen molar-refractivity contribution in [1.82, 2.24) is 15.1 Å². The molecule has 0 radical (unpaired) electrons. The van der Waals surface area contributed by atoms with Crippen molar-refractivity contribution < 1.29 is 32.6 Å². The summed E-state index contributed by atoms with van der Waals surface area (Å²) < 4.78 is 40.1. The summed E-state index contributed by atoms with van der Waals surface area (Å²) in [6.45, 7) is 4.02. The van der Waals surface area contributed by atoms with Crippen LogP contribution in [0.2, 0.25) is 0 Å². The van der Waals surface area contributed by atoms with Gasteiger partial charge in [0.05, 0.1) is 36.8 Å². The van der Waals surface area contributed by atoms with Crippen LogP contribution in [0, 0.1) is 5.92 Å². The second-order valence-electron chi connectivity index (χ2n) is 11.3. The monoisotopic (exact) mass is 602 g/mol. The molecule has 12 heteroatoms. The lowest BCUT2D eigenvalue weighted by atomic mass is 9.96. The van der Waals surface area contributed by atoms with Crippen LogP contribution in [-0.4, -0.2) is 87.3 Å². The number of hydrogen-bond donors (Lipinski definition) is 3. The minimum absolute atomic E-state index is 0.0385. The molecule has 1 heterocycles. The van der Waals surface area contributed by atoms with E-state index in [-0.39, 0.29) is 65.5 Å². The molecule has 4 rings (SSSR count). The summed E-state index contributed by atoms with van der Waals surface area (Å²) in [6, 6.07) is 10.0. The Labute approximate surface area is 248 Å². The molecule has 1 aliphatic carbocycles. The first-order chi connectivity index (χ1) is 20.0. The van der Waals surface area contributed by atoms with Crippen LogP contribution in [-0.2, 0) is 10.0 Å². The van der Waals surface area contributed by atoms with Gasteiger partial charge in [0, 0.05) is 31.2 Å². The summed E-state index contributed by atoms with van der Waals surface area (Å²) in [5, 5.41) is 13.0. The number of nitrogens with zero attached hydrogens (tertiary/aromatic N) is 2. The van der Waals surface area contributed by atoms with E-state index in [1.807, 2.05) is 6.92 Å². The van der Waals surface area contributed by atoms with E-state index in [4.69, 9.17) is 9.47 Å². The van der Waals surface area contributed by atoms with E-state index in [1.54, 1.807) is 42.0 Å². The summed E-state index contributed by atoms with van der Waals surface area (Å²) in [6.07, 6.45) is 4.91. The first kappa shape index (κ1) is 31.4. The third-order valence-corrected chi connectivity index (χ3v) is 9.42. The molecule has 42 heavy (non-hydrogen) atoms. The fourth-order valence-electron chi connectivity index (χ4n) is 5.36. The highest BCUT2D eigenvalue weighted by atomic mass is 32.2. The zero-order valence-corrected chi connectivity index (χ0v) is 25.5. The van der Waals surface area contributed by atoms with Gasteiger partial charge in [0.25, 0.3) is 15.9 Å². The molecule has 1 saturated carbocycles. The molecular weight excluding hydrogens is 560 g/mol. The summed E-state index contributed by atoms with van der Waals surface area (Å²) in [7, 11) is -0.731. The maximum atomic E-state index is 13.7. The summed E-state index contributed by atoms with van der Waals surface area (Å²) in [5.41, 5.74) is 0.351. The van der Waals surface area contributed by atoms with Gasteiger partial charge in [0.2, 0.25) is 0 Å². The molecule has 230 valence electrons. The van der Waals surface area contributed by atoms with Crippen molar-refractivity contribution in [3.63, 3.8) is 0 Å². The molecule has 1 aliphatic heterocycles. The van der Waals surface area contributed by atoms with E-state index in [9.17, 15) is 23.1 Å². The number of rotatable bonds is 9. The lowest BCUT2D eigenvalue weighted by molar-refractivity contribution is 0.0366. The number of anilines is 1. The number of carbonyl (C=O) groups is 2. The number of methoxy groups -OCH3 is 1. The Morgan fingerprint density at radius 1 is 1.17 bits per heavy atom. The van der Waals surface area contributed by atoms with Gasteiger partial charge in [-0.05, 0) is 62.2 Å².